The summed E-state index contributed by atoms with van der Waals surface area (Å²) in [5.74, 6) is 0.809. The molecular formula is C18H24N4. The number of aromatic nitrogens is 1. The van der Waals surface area contributed by atoms with Crippen LogP contribution in [-0.4, -0.2) is 17.5 Å². The molecule has 2 rings (SSSR count). The van der Waals surface area contributed by atoms with E-state index in [1.54, 1.807) is 0 Å². The van der Waals surface area contributed by atoms with Gasteiger partial charge in [0.15, 0.2) is 5.96 Å². The minimum Gasteiger partial charge on any atom is -0.357 e. The highest BCUT2D eigenvalue weighted by Crippen LogP contribution is 2.11. The fourth-order valence-corrected chi connectivity index (χ4v) is 2.19. The number of aryl methyl sites for hydroxylation is 1. The highest BCUT2D eigenvalue weighted by molar-refractivity contribution is 5.80. The van der Waals surface area contributed by atoms with Crippen molar-refractivity contribution in [3.05, 3.63) is 65.5 Å². The Morgan fingerprint density at radius 3 is 2.64 bits per heavy atom. The van der Waals surface area contributed by atoms with Gasteiger partial charge in [-0.05, 0) is 38.0 Å². The predicted octanol–water partition coefficient (Wildman–Crippen LogP) is 3.21. The lowest BCUT2D eigenvalue weighted by molar-refractivity contribution is 0.685. The van der Waals surface area contributed by atoms with E-state index in [0.717, 1.165) is 18.2 Å². The summed E-state index contributed by atoms with van der Waals surface area (Å²) in [6.07, 6.45) is 1.81. The molecule has 4 heteroatoms. The van der Waals surface area contributed by atoms with E-state index in [4.69, 9.17) is 0 Å². The van der Waals surface area contributed by atoms with E-state index >= 15 is 0 Å². The van der Waals surface area contributed by atoms with E-state index in [0.29, 0.717) is 6.54 Å². The monoisotopic (exact) mass is 296 g/mol. The lowest BCUT2D eigenvalue weighted by Gasteiger charge is -2.18. The second-order valence-corrected chi connectivity index (χ2v) is 5.24. The molecule has 116 valence electrons. The molecule has 0 radical (unpaired) electrons. The van der Waals surface area contributed by atoms with Crippen molar-refractivity contribution >= 4 is 5.96 Å². The molecule has 0 aliphatic heterocycles. The maximum absolute atomic E-state index is 4.64. The standard InChI is InChI=1S/C18H24N4/c1-4-19-18(21-13-17-14(2)9-8-12-20-17)22-15(3)16-10-6-5-7-11-16/h5-12,15H,4,13H2,1-3H3,(H2,19,21,22). The quantitative estimate of drug-likeness (QED) is 0.658. The van der Waals surface area contributed by atoms with Crippen molar-refractivity contribution in [3.8, 4) is 0 Å². The van der Waals surface area contributed by atoms with Gasteiger partial charge in [0.25, 0.3) is 0 Å². The highest BCUT2D eigenvalue weighted by Gasteiger charge is 2.07. The third-order valence-corrected chi connectivity index (χ3v) is 3.50. The Bertz CT molecular complexity index is 607. The first-order valence-corrected chi connectivity index (χ1v) is 7.71. The summed E-state index contributed by atoms with van der Waals surface area (Å²) >= 11 is 0. The van der Waals surface area contributed by atoms with Gasteiger partial charge in [0, 0.05) is 12.7 Å². The van der Waals surface area contributed by atoms with E-state index < -0.39 is 0 Å². The number of pyridine rings is 1. The number of hydrogen-bond acceptors (Lipinski definition) is 2. The van der Waals surface area contributed by atoms with Crippen molar-refractivity contribution in [2.24, 2.45) is 4.99 Å². The summed E-state index contributed by atoms with van der Waals surface area (Å²) in [6.45, 7) is 7.66. The van der Waals surface area contributed by atoms with Gasteiger partial charge < -0.3 is 10.6 Å². The number of nitrogens with one attached hydrogen (secondary N) is 2. The molecule has 0 spiro atoms. The van der Waals surface area contributed by atoms with Crippen LogP contribution >= 0.6 is 0 Å². The summed E-state index contributed by atoms with van der Waals surface area (Å²) < 4.78 is 0. The molecule has 0 saturated heterocycles. The van der Waals surface area contributed by atoms with E-state index in [2.05, 4.69) is 71.7 Å². The zero-order chi connectivity index (χ0) is 15.8. The van der Waals surface area contributed by atoms with E-state index in [1.165, 1.54) is 11.1 Å². The van der Waals surface area contributed by atoms with Crippen LogP contribution in [0.2, 0.25) is 0 Å². The van der Waals surface area contributed by atoms with E-state index in [-0.39, 0.29) is 6.04 Å². The number of rotatable bonds is 5. The Morgan fingerprint density at radius 1 is 1.18 bits per heavy atom. The van der Waals surface area contributed by atoms with Crippen LogP contribution in [0.4, 0.5) is 0 Å². The smallest absolute Gasteiger partial charge is 0.192 e. The van der Waals surface area contributed by atoms with Gasteiger partial charge in [-0.15, -0.1) is 0 Å². The first-order valence-electron chi connectivity index (χ1n) is 7.71. The third-order valence-electron chi connectivity index (χ3n) is 3.50. The predicted molar refractivity (Wildman–Crippen MR) is 91.8 cm³/mol. The minimum atomic E-state index is 0.198. The van der Waals surface area contributed by atoms with Crippen molar-refractivity contribution in [2.75, 3.05) is 6.54 Å². The topological polar surface area (TPSA) is 49.3 Å². The first-order chi connectivity index (χ1) is 10.7. The summed E-state index contributed by atoms with van der Waals surface area (Å²) in [5, 5.41) is 6.72. The molecule has 1 aromatic heterocycles. The average Bonchev–Trinajstić information content (AvgIpc) is 2.55. The van der Waals surface area contributed by atoms with Crippen molar-refractivity contribution in [1.82, 2.24) is 15.6 Å². The highest BCUT2D eigenvalue weighted by atomic mass is 15.2. The molecular weight excluding hydrogens is 272 g/mol. The molecule has 22 heavy (non-hydrogen) atoms. The zero-order valence-corrected chi connectivity index (χ0v) is 13.5. The molecule has 1 aromatic carbocycles. The number of benzene rings is 1. The van der Waals surface area contributed by atoms with Gasteiger partial charge in [0.1, 0.15) is 0 Å². The number of guanidine groups is 1. The lowest BCUT2D eigenvalue weighted by Crippen LogP contribution is -2.38. The van der Waals surface area contributed by atoms with Crippen molar-refractivity contribution < 1.29 is 0 Å². The third kappa shape index (κ3) is 4.58. The SMILES string of the molecule is CCNC(=NCc1ncccc1C)NC(C)c1ccccc1. The maximum atomic E-state index is 4.64. The number of nitrogens with zero attached hydrogens (tertiary/aromatic N) is 2. The lowest BCUT2D eigenvalue weighted by atomic mass is 10.1. The van der Waals surface area contributed by atoms with E-state index in [1.807, 2.05) is 18.3 Å². The molecule has 1 unspecified atom stereocenters. The summed E-state index contributed by atoms with van der Waals surface area (Å²) in [6, 6.07) is 14.6. The Morgan fingerprint density at radius 2 is 1.95 bits per heavy atom. The van der Waals surface area contributed by atoms with Crippen LogP contribution < -0.4 is 10.6 Å². The van der Waals surface area contributed by atoms with Gasteiger partial charge in [0.05, 0.1) is 18.3 Å². The van der Waals surface area contributed by atoms with Crippen LogP contribution in [0.15, 0.2) is 53.7 Å². The fraction of sp³-hybridized carbons (Fsp3) is 0.333. The zero-order valence-electron chi connectivity index (χ0n) is 13.5. The van der Waals surface area contributed by atoms with Gasteiger partial charge in [0.2, 0.25) is 0 Å². The number of hydrogen-bond donors (Lipinski definition) is 2. The molecule has 1 atom stereocenters. The van der Waals surface area contributed by atoms with Crippen molar-refractivity contribution in [3.63, 3.8) is 0 Å². The van der Waals surface area contributed by atoms with Gasteiger partial charge in [-0.3, -0.25) is 4.98 Å². The van der Waals surface area contributed by atoms with Gasteiger partial charge >= 0.3 is 0 Å². The van der Waals surface area contributed by atoms with Gasteiger partial charge in [-0.1, -0.05) is 36.4 Å². The van der Waals surface area contributed by atoms with Crippen LogP contribution in [0.3, 0.4) is 0 Å². The summed E-state index contributed by atoms with van der Waals surface area (Å²) in [7, 11) is 0. The van der Waals surface area contributed by atoms with Gasteiger partial charge in [-0.25, -0.2) is 4.99 Å². The van der Waals surface area contributed by atoms with Crippen LogP contribution in [-0.2, 0) is 6.54 Å². The van der Waals surface area contributed by atoms with Crippen LogP contribution in [0, 0.1) is 6.92 Å². The molecule has 2 aromatic rings. The molecule has 0 aliphatic carbocycles. The van der Waals surface area contributed by atoms with Gasteiger partial charge in [-0.2, -0.15) is 0 Å². The van der Waals surface area contributed by atoms with Crippen molar-refractivity contribution in [2.45, 2.75) is 33.4 Å². The molecule has 0 saturated carbocycles. The molecule has 0 amide bonds. The Kier molecular flexibility index (Phi) is 5.95. The molecule has 0 aliphatic rings. The van der Waals surface area contributed by atoms with Crippen LogP contribution in [0.1, 0.15) is 36.7 Å². The largest absolute Gasteiger partial charge is 0.357 e. The second-order valence-electron chi connectivity index (χ2n) is 5.24. The molecule has 1 heterocycles. The maximum Gasteiger partial charge on any atom is 0.192 e. The molecule has 0 bridgehead atoms. The Hall–Kier alpha value is -2.36. The average molecular weight is 296 g/mol. The first kappa shape index (κ1) is 16.0. The second kappa shape index (κ2) is 8.17. The molecule has 4 nitrogen and oxygen atoms in total. The van der Waals surface area contributed by atoms with E-state index in [9.17, 15) is 0 Å². The number of aliphatic imine (C=N–C) groups is 1. The van der Waals surface area contributed by atoms with Crippen molar-refractivity contribution in [1.29, 1.82) is 0 Å². The molecule has 0 fully saturated rings. The Labute approximate surface area is 132 Å². The Balaban J connectivity index is 2.06. The normalized spacial score (nSPS) is 12.8. The summed E-state index contributed by atoms with van der Waals surface area (Å²) in [4.78, 5) is 9.03. The molecule has 2 N–H and O–H groups in total. The summed E-state index contributed by atoms with van der Waals surface area (Å²) in [5.41, 5.74) is 3.41. The fourth-order valence-electron chi connectivity index (χ4n) is 2.19. The van der Waals surface area contributed by atoms with Crippen LogP contribution in [0.5, 0.6) is 0 Å². The minimum absolute atomic E-state index is 0.198. The van der Waals surface area contributed by atoms with Crippen LogP contribution in [0.25, 0.3) is 0 Å².